The fraction of sp³-hybridized carbons (Fsp3) is 0.500. The van der Waals surface area contributed by atoms with Crippen LogP contribution in [0.5, 0.6) is 11.5 Å². The second-order valence-corrected chi connectivity index (χ2v) is 12.4. The lowest BCUT2D eigenvalue weighted by Crippen LogP contribution is -2.55. The molecule has 0 aromatic heterocycles. The standard InChI is InChI=1S/C34H49N5O8/c1-9-27(29(40)31(42)35-20-24-15-25(45-7)17-26(16-24)46-8)38-30(41)28(13-21(2)3)39-32(43)36-18-22-11-10-12-23(14-22)19-37-33(44)47-34(4,5)6/h10-12,14-17,21,27-28H,9,13,18-20H2,1-8H3,(H,35,42)(H,37,44)(H,38,41)(H2,36,39,43)/t27?,28-/m0/s1. The molecule has 0 aliphatic carbocycles. The fourth-order valence-electron chi connectivity index (χ4n) is 4.45. The maximum Gasteiger partial charge on any atom is 0.407 e. The summed E-state index contributed by atoms with van der Waals surface area (Å²) in [6.07, 6.45) is -0.0543. The molecule has 13 heteroatoms. The molecule has 0 radical (unpaired) electrons. The number of benzene rings is 2. The summed E-state index contributed by atoms with van der Waals surface area (Å²) in [4.78, 5) is 63.7. The van der Waals surface area contributed by atoms with E-state index in [0.717, 1.165) is 11.1 Å². The minimum atomic E-state index is -1.08. The fourth-order valence-corrected chi connectivity index (χ4v) is 4.45. The molecule has 0 fully saturated rings. The quantitative estimate of drug-likeness (QED) is 0.170. The number of carbonyl (C=O) groups excluding carboxylic acids is 5. The van der Waals surface area contributed by atoms with Gasteiger partial charge in [0, 0.05) is 25.7 Å². The Labute approximate surface area is 276 Å². The maximum absolute atomic E-state index is 13.3. The Morgan fingerprint density at radius 1 is 0.745 bits per heavy atom. The van der Waals surface area contributed by atoms with E-state index in [2.05, 4.69) is 26.6 Å². The van der Waals surface area contributed by atoms with Gasteiger partial charge >= 0.3 is 12.1 Å². The lowest BCUT2D eigenvalue weighted by atomic mass is 10.0. The van der Waals surface area contributed by atoms with Gasteiger partial charge in [0.1, 0.15) is 23.1 Å². The van der Waals surface area contributed by atoms with Gasteiger partial charge in [0.05, 0.1) is 20.3 Å². The molecule has 2 rings (SSSR count). The van der Waals surface area contributed by atoms with E-state index < -0.39 is 47.4 Å². The van der Waals surface area contributed by atoms with E-state index in [1.165, 1.54) is 14.2 Å². The van der Waals surface area contributed by atoms with E-state index in [1.807, 2.05) is 38.1 Å². The summed E-state index contributed by atoms with van der Waals surface area (Å²) < 4.78 is 15.7. The molecular formula is C34H49N5O8. The number of hydrogen-bond donors (Lipinski definition) is 5. The van der Waals surface area contributed by atoms with Crippen molar-refractivity contribution in [1.29, 1.82) is 0 Å². The summed E-state index contributed by atoms with van der Waals surface area (Å²) in [5.41, 5.74) is 1.65. The smallest absolute Gasteiger partial charge is 0.407 e. The van der Waals surface area contributed by atoms with Crippen LogP contribution in [0.4, 0.5) is 9.59 Å². The predicted octanol–water partition coefficient (Wildman–Crippen LogP) is 3.72. The van der Waals surface area contributed by atoms with Crippen LogP contribution in [0.2, 0.25) is 0 Å². The van der Waals surface area contributed by atoms with Crippen LogP contribution < -0.4 is 36.1 Å². The molecule has 2 atom stereocenters. The van der Waals surface area contributed by atoms with Crippen LogP contribution in [0.3, 0.4) is 0 Å². The molecule has 13 nitrogen and oxygen atoms in total. The van der Waals surface area contributed by atoms with Crippen molar-refractivity contribution in [2.24, 2.45) is 5.92 Å². The molecule has 5 amide bonds. The number of alkyl carbamates (subject to hydrolysis) is 1. The third-order valence-electron chi connectivity index (χ3n) is 6.74. The van der Waals surface area contributed by atoms with E-state index in [4.69, 9.17) is 14.2 Å². The number of carbonyl (C=O) groups is 5. The van der Waals surface area contributed by atoms with Gasteiger partial charge in [-0.2, -0.15) is 0 Å². The van der Waals surface area contributed by atoms with Crippen molar-refractivity contribution in [1.82, 2.24) is 26.6 Å². The third kappa shape index (κ3) is 14.0. The molecule has 0 spiro atoms. The summed E-state index contributed by atoms with van der Waals surface area (Å²) in [5, 5.41) is 13.4. The third-order valence-corrected chi connectivity index (χ3v) is 6.74. The number of hydrogen-bond acceptors (Lipinski definition) is 8. The minimum Gasteiger partial charge on any atom is -0.497 e. The second kappa shape index (κ2) is 18.4. The van der Waals surface area contributed by atoms with Gasteiger partial charge in [0.2, 0.25) is 11.7 Å². The average Bonchev–Trinajstić information content (AvgIpc) is 3.02. The van der Waals surface area contributed by atoms with Crippen LogP contribution in [0.25, 0.3) is 0 Å². The van der Waals surface area contributed by atoms with Gasteiger partial charge < -0.3 is 40.8 Å². The van der Waals surface area contributed by atoms with Crippen molar-refractivity contribution >= 4 is 29.7 Å². The number of rotatable bonds is 16. The van der Waals surface area contributed by atoms with Crippen molar-refractivity contribution in [2.75, 3.05) is 14.2 Å². The molecule has 0 aliphatic heterocycles. The summed E-state index contributed by atoms with van der Waals surface area (Å²) in [6.45, 7) is 11.3. The maximum atomic E-state index is 13.3. The Bertz CT molecular complexity index is 1370. The number of ether oxygens (including phenoxy) is 3. The zero-order valence-corrected chi connectivity index (χ0v) is 28.6. The average molecular weight is 656 g/mol. The van der Waals surface area contributed by atoms with Crippen LogP contribution in [0.1, 0.15) is 71.1 Å². The number of urea groups is 1. The summed E-state index contributed by atoms with van der Waals surface area (Å²) in [7, 11) is 3.02. The first-order chi connectivity index (χ1) is 22.1. The van der Waals surface area contributed by atoms with Gasteiger partial charge in [0.15, 0.2) is 0 Å². The molecule has 0 saturated heterocycles. The lowest BCUT2D eigenvalue weighted by molar-refractivity contribution is -0.140. The summed E-state index contributed by atoms with van der Waals surface area (Å²) >= 11 is 0. The molecule has 0 bridgehead atoms. The van der Waals surface area contributed by atoms with Crippen molar-refractivity contribution in [3.8, 4) is 11.5 Å². The van der Waals surface area contributed by atoms with Crippen LogP contribution in [0.15, 0.2) is 42.5 Å². The zero-order valence-electron chi connectivity index (χ0n) is 28.6. The molecule has 0 saturated carbocycles. The van der Waals surface area contributed by atoms with Crippen LogP contribution in [-0.4, -0.2) is 61.6 Å². The van der Waals surface area contributed by atoms with E-state index in [0.29, 0.717) is 23.5 Å². The molecule has 258 valence electrons. The number of amides is 5. The van der Waals surface area contributed by atoms with E-state index >= 15 is 0 Å². The predicted molar refractivity (Wildman–Crippen MR) is 177 cm³/mol. The van der Waals surface area contributed by atoms with Gasteiger partial charge in [-0.05, 0) is 68.4 Å². The second-order valence-electron chi connectivity index (χ2n) is 12.4. The first-order valence-corrected chi connectivity index (χ1v) is 15.6. The Kier molecular flexibility index (Phi) is 15.0. The number of ketones is 1. The molecule has 0 heterocycles. The van der Waals surface area contributed by atoms with Crippen LogP contribution >= 0.6 is 0 Å². The molecule has 47 heavy (non-hydrogen) atoms. The SMILES string of the molecule is CCC(NC(=O)[C@H](CC(C)C)NC(=O)NCc1cccc(CNC(=O)OC(C)(C)C)c1)C(=O)C(=O)NCc1cc(OC)cc(OC)c1. The van der Waals surface area contributed by atoms with Gasteiger partial charge in [0.25, 0.3) is 5.91 Å². The lowest BCUT2D eigenvalue weighted by Gasteiger charge is -2.23. The first kappa shape index (κ1) is 38.4. The highest BCUT2D eigenvalue weighted by Crippen LogP contribution is 2.22. The van der Waals surface area contributed by atoms with Crippen molar-refractivity contribution < 1.29 is 38.2 Å². The van der Waals surface area contributed by atoms with Crippen LogP contribution in [0, 0.1) is 5.92 Å². The Morgan fingerprint density at radius 3 is 1.85 bits per heavy atom. The highest BCUT2D eigenvalue weighted by molar-refractivity contribution is 6.38. The minimum absolute atomic E-state index is 0.0409. The van der Waals surface area contributed by atoms with Gasteiger partial charge in [-0.1, -0.05) is 45.0 Å². The highest BCUT2D eigenvalue weighted by Gasteiger charge is 2.29. The Hall–Kier alpha value is -4.81. The van der Waals surface area contributed by atoms with Gasteiger partial charge in [-0.25, -0.2) is 9.59 Å². The summed E-state index contributed by atoms with van der Waals surface area (Å²) in [5.74, 6) is -1.12. The molecule has 2 aromatic rings. The molecule has 2 aromatic carbocycles. The van der Waals surface area contributed by atoms with E-state index in [9.17, 15) is 24.0 Å². The monoisotopic (exact) mass is 655 g/mol. The highest BCUT2D eigenvalue weighted by atomic mass is 16.6. The number of nitrogens with one attached hydrogen (secondary N) is 5. The Balaban J connectivity index is 1.96. The first-order valence-electron chi connectivity index (χ1n) is 15.6. The van der Waals surface area contributed by atoms with E-state index in [1.54, 1.807) is 45.9 Å². The number of methoxy groups -OCH3 is 2. The van der Waals surface area contributed by atoms with Gasteiger partial charge in [-0.15, -0.1) is 0 Å². The normalized spacial score (nSPS) is 12.3. The molecule has 5 N–H and O–H groups in total. The molecular weight excluding hydrogens is 606 g/mol. The van der Waals surface area contributed by atoms with Crippen molar-refractivity contribution in [3.05, 3.63) is 59.2 Å². The topological polar surface area (TPSA) is 173 Å². The molecule has 0 aliphatic rings. The van der Waals surface area contributed by atoms with Crippen molar-refractivity contribution in [3.63, 3.8) is 0 Å². The zero-order chi connectivity index (χ0) is 35.1. The Morgan fingerprint density at radius 2 is 1.32 bits per heavy atom. The molecule has 1 unspecified atom stereocenters. The van der Waals surface area contributed by atoms with Gasteiger partial charge in [-0.3, -0.25) is 14.4 Å². The van der Waals surface area contributed by atoms with E-state index in [-0.39, 0.29) is 32.0 Å². The van der Waals surface area contributed by atoms with Crippen molar-refractivity contribution in [2.45, 2.75) is 91.7 Å². The summed E-state index contributed by atoms with van der Waals surface area (Å²) in [6, 6.07) is 9.80. The largest absolute Gasteiger partial charge is 0.497 e. The van der Waals surface area contributed by atoms with Crippen LogP contribution in [-0.2, 0) is 38.8 Å². The number of Topliss-reactive ketones (excluding diaryl/α,β-unsaturated/α-hetero) is 1.